The predicted octanol–water partition coefficient (Wildman–Crippen LogP) is 3.52. The highest BCUT2D eigenvalue weighted by Crippen LogP contribution is 2.37. The van der Waals surface area contributed by atoms with Crippen molar-refractivity contribution in [3.8, 4) is 5.75 Å². The molecule has 0 aromatic heterocycles. The molecule has 0 N–H and O–H groups in total. The van der Waals surface area contributed by atoms with Gasteiger partial charge in [-0.3, -0.25) is 4.31 Å². The van der Waals surface area contributed by atoms with Gasteiger partial charge in [-0.15, -0.1) is 0 Å². The van der Waals surface area contributed by atoms with Crippen LogP contribution in [0.15, 0.2) is 45.8 Å². The van der Waals surface area contributed by atoms with Gasteiger partial charge in [0.2, 0.25) is 0 Å². The predicted molar refractivity (Wildman–Crippen MR) is 90.1 cm³/mol. The molecule has 0 spiro atoms. The Morgan fingerprint density at radius 2 is 2.00 bits per heavy atom. The van der Waals surface area contributed by atoms with Gasteiger partial charge in [0.1, 0.15) is 5.75 Å². The maximum Gasteiger partial charge on any atom is 0.264 e. The van der Waals surface area contributed by atoms with Crippen molar-refractivity contribution in [2.45, 2.75) is 18.2 Å². The third-order valence-electron chi connectivity index (χ3n) is 3.87. The molecule has 2 aromatic rings. The molecule has 0 aliphatic carbocycles. The molecule has 1 aliphatic heterocycles. The number of sulfonamides is 1. The van der Waals surface area contributed by atoms with E-state index in [2.05, 4.69) is 15.9 Å². The van der Waals surface area contributed by atoms with E-state index in [1.54, 1.807) is 25.3 Å². The van der Waals surface area contributed by atoms with Crippen LogP contribution in [0.3, 0.4) is 0 Å². The molecule has 2 aromatic carbocycles. The van der Waals surface area contributed by atoms with Crippen LogP contribution in [-0.4, -0.2) is 22.1 Å². The van der Waals surface area contributed by atoms with Gasteiger partial charge in [-0.05, 0) is 58.6 Å². The molecule has 0 unspecified atom stereocenters. The van der Waals surface area contributed by atoms with Crippen molar-refractivity contribution in [3.05, 3.63) is 52.0 Å². The fraction of sp³-hybridized carbons (Fsp3) is 0.250. The number of benzene rings is 2. The van der Waals surface area contributed by atoms with Gasteiger partial charge in [-0.1, -0.05) is 18.2 Å². The molecule has 22 heavy (non-hydrogen) atoms. The van der Waals surface area contributed by atoms with Crippen molar-refractivity contribution in [3.63, 3.8) is 0 Å². The zero-order chi connectivity index (χ0) is 15.9. The largest absolute Gasteiger partial charge is 0.496 e. The van der Waals surface area contributed by atoms with Crippen LogP contribution in [0.25, 0.3) is 0 Å². The van der Waals surface area contributed by atoms with Gasteiger partial charge in [0.25, 0.3) is 10.0 Å². The number of anilines is 1. The smallest absolute Gasteiger partial charge is 0.264 e. The highest BCUT2D eigenvalue weighted by molar-refractivity contribution is 9.10. The second-order valence-corrected chi connectivity index (χ2v) is 7.92. The zero-order valence-corrected chi connectivity index (χ0v) is 14.7. The minimum atomic E-state index is -3.57. The van der Waals surface area contributed by atoms with Crippen molar-refractivity contribution in [2.24, 2.45) is 0 Å². The van der Waals surface area contributed by atoms with Gasteiger partial charge >= 0.3 is 0 Å². The first-order valence-corrected chi connectivity index (χ1v) is 9.13. The zero-order valence-electron chi connectivity index (χ0n) is 12.3. The summed E-state index contributed by atoms with van der Waals surface area (Å²) < 4.78 is 33.2. The molecule has 0 fully saturated rings. The van der Waals surface area contributed by atoms with Crippen LogP contribution in [0.1, 0.15) is 11.1 Å². The number of hydrogen-bond donors (Lipinski definition) is 0. The van der Waals surface area contributed by atoms with Crippen LogP contribution in [0, 0.1) is 6.92 Å². The summed E-state index contributed by atoms with van der Waals surface area (Å²) in [6.45, 7) is 2.42. The maximum atomic E-state index is 13.0. The van der Waals surface area contributed by atoms with Crippen LogP contribution in [-0.2, 0) is 16.4 Å². The third kappa shape index (κ3) is 2.40. The summed E-state index contributed by atoms with van der Waals surface area (Å²) in [5.74, 6) is 0.608. The van der Waals surface area contributed by atoms with Crippen LogP contribution >= 0.6 is 15.9 Å². The average Bonchev–Trinajstić information content (AvgIpc) is 2.93. The van der Waals surface area contributed by atoms with Crippen LogP contribution in [0.2, 0.25) is 0 Å². The number of rotatable bonds is 3. The molecular weight excluding hydrogens is 366 g/mol. The van der Waals surface area contributed by atoms with Crippen molar-refractivity contribution in [2.75, 3.05) is 18.0 Å². The summed E-state index contributed by atoms with van der Waals surface area (Å²) in [5, 5.41) is 0. The molecule has 4 nitrogen and oxygen atoms in total. The van der Waals surface area contributed by atoms with E-state index in [0.717, 1.165) is 23.2 Å². The quantitative estimate of drug-likeness (QED) is 0.816. The highest BCUT2D eigenvalue weighted by Gasteiger charge is 2.32. The van der Waals surface area contributed by atoms with E-state index in [1.807, 2.05) is 25.1 Å². The van der Waals surface area contributed by atoms with E-state index in [9.17, 15) is 8.42 Å². The number of ether oxygens (including phenoxy) is 1. The maximum absolute atomic E-state index is 13.0. The van der Waals surface area contributed by atoms with Gasteiger partial charge in [-0.2, -0.15) is 0 Å². The number of nitrogens with zero attached hydrogens (tertiary/aromatic N) is 1. The van der Waals surface area contributed by atoms with E-state index in [0.29, 0.717) is 16.8 Å². The molecule has 3 rings (SSSR count). The van der Waals surface area contributed by atoms with Crippen molar-refractivity contribution < 1.29 is 13.2 Å². The number of methoxy groups -OCH3 is 1. The standard InChI is InChI=1S/C16H16BrNO3S/c1-11-4-3-5-12-8-9-18(16(11)12)22(19,20)13-6-7-15(21-2)14(17)10-13/h3-7,10H,8-9H2,1-2H3. The molecule has 0 bridgehead atoms. The molecular formula is C16H16BrNO3S. The first-order chi connectivity index (χ1) is 10.4. The Hall–Kier alpha value is -1.53. The van der Waals surface area contributed by atoms with Crippen LogP contribution < -0.4 is 9.04 Å². The number of aryl methyl sites for hydroxylation is 1. The third-order valence-corrected chi connectivity index (χ3v) is 6.28. The molecule has 0 saturated heterocycles. The van der Waals surface area contributed by atoms with Gasteiger partial charge in [0, 0.05) is 6.54 Å². The Morgan fingerprint density at radius 1 is 1.23 bits per heavy atom. The first-order valence-electron chi connectivity index (χ1n) is 6.90. The number of para-hydroxylation sites is 1. The van der Waals surface area contributed by atoms with E-state index in [4.69, 9.17) is 4.74 Å². The van der Waals surface area contributed by atoms with Crippen molar-refractivity contribution in [1.82, 2.24) is 0 Å². The minimum Gasteiger partial charge on any atom is -0.496 e. The minimum absolute atomic E-state index is 0.260. The fourth-order valence-corrected chi connectivity index (χ4v) is 5.07. The topological polar surface area (TPSA) is 46.6 Å². The summed E-state index contributed by atoms with van der Waals surface area (Å²) in [4.78, 5) is 0.260. The Morgan fingerprint density at radius 3 is 2.68 bits per heavy atom. The fourth-order valence-electron chi connectivity index (χ4n) is 2.79. The number of fused-ring (bicyclic) bond motifs is 1. The summed E-state index contributed by atoms with van der Waals surface area (Å²) >= 11 is 3.35. The van der Waals surface area contributed by atoms with Gasteiger partial charge in [-0.25, -0.2) is 8.42 Å². The van der Waals surface area contributed by atoms with E-state index < -0.39 is 10.0 Å². The summed E-state index contributed by atoms with van der Waals surface area (Å²) in [7, 11) is -2.02. The Balaban J connectivity index is 2.08. The lowest BCUT2D eigenvalue weighted by Gasteiger charge is -2.21. The second kappa shape index (κ2) is 5.59. The molecule has 6 heteroatoms. The Bertz CT molecular complexity index is 833. The summed E-state index contributed by atoms with van der Waals surface area (Å²) in [6, 6.07) is 10.7. The molecule has 0 amide bonds. The number of halogens is 1. The van der Waals surface area contributed by atoms with Gasteiger partial charge in [0.15, 0.2) is 0 Å². The Labute approximate surface area is 138 Å². The molecule has 1 heterocycles. The average molecular weight is 382 g/mol. The lowest BCUT2D eigenvalue weighted by molar-refractivity contribution is 0.411. The molecule has 0 radical (unpaired) electrons. The normalized spacial score (nSPS) is 14.0. The van der Waals surface area contributed by atoms with E-state index in [1.165, 1.54) is 4.31 Å². The van der Waals surface area contributed by atoms with Crippen molar-refractivity contribution in [1.29, 1.82) is 0 Å². The van der Waals surface area contributed by atoms with E-state index in [-0.39, 0.29) is 4.90 Å². The van der Waals surface area contributed by atoms with E-state index >= 15 is 0 Å². The highest BCUT2D eigenvalue weighted by atomic mass is 79.9. The monoisotopic (exact) mass is 381 g/mol. The van der Waals surface area contributed by atoms with Crippen molar-refractivity contribution >= 4 is 31.6 Å². The lowest BCUT2D eigenvalue weighted by atomic mass is 10.1. The first kappa shape index (κ1) is 15.4. The van der Waals surface area contributed by atoms with Gasteiger partial charge in [0.05, 0.1) is 22.2 Å². The SMILES string of the molecule is COc1ccc(S(=O)(=O)N2CCc3cccc(C)c32)cc1Br. The van der Waals surface area contributed by atoms with Crippen LogP contribution in [0.4, 0.5) is 5.69 Å². The number of hydrogen-bond acceptors (Lipinski definition) is 3. The molecule has 116 valence electrons. The second-order valence-electron chi connectivity index (χ2n) is 5.21. The molecule has 1 aliphatic rings. The van der Waals surface area contributed by atoms with Gasteiger partial charge < -0.3 is 4.74 Å². The summed E-state index contributed by atoms with van der Waals surface area (Å²) in [5.41, 5.74) is 2.87. The summed E-state index contributed by atoms with van der Waals surface area (Å²) in [6.07, 6.45) is 0.744. The molecule has 0 atom stereocenters. The van der Waals surface area contributed by atoms with Crippen LogP contribution in [0.5, 0.6) is 5.75 Å². The lowest BCUT2D eigenvalue weighted by Crippen LogP contribution is -2.29. The molecule has 0 saturated carbocycles. The Kier molecular flexibility index (Phi) is 3.91.